The van der Waals surface area contributed by atoms with Gasteiger partial charge in [0.25, 0.3) is 11.6 Å². The van der Waals surface area contributed by atoms with Crippen LogP contribution in [-0.4, -0.2) is 35.3 Å². The summed E-state index contributed by atoms with van der Waals surface area (Å²) in [5.74, 6) is -4.27. The van der Waals surface area contributed by atoms with Gasteiger partial charge in [-0.2, -0.15) is 24.9 Å². The molecule has 198 valence electrons. The van der Waals surface area contributed by atoms with Crippen molar-refractivity contribution < 1.29 is 31.1 Å². The van der Waals surface area contributed by atoms with Crippen LogP contribution in [-0.2, 0) is 0 Å². The summed E-state index contributed by atoms with van der Waals surface area (Å²) in [6.07, 6.45) is -3.58. The molecule has 2 nitrogen and oxygen atoms in total. The van der Waals surface area contributed by atoms with Crippen LogP contribution in [0.3, 0.4) is 0 Å². The zero-order valence-electron chi connectivity index (χ0n) is 18.8. The van der Waals surface area contributed by atoms with E-state index >= 15 is 4.39 Å². The number of alkyl halides is 5. The quantitative estimate of drug-likeness (QED) is 0.175. The minimum Gasteiger partial charge on any atom is -0.349 e. The third-order valence-electron chi connectivity index (χ3n) is 4.85. The molecule has 0 aliphatic carbocycles. The summed E-state index contributed by atoms with van der Waals surface area (Å²) in [6, 6.07) is 5.67. The number of nitrogens with one attached hydrogen (secondary N) is 1. The Morgan fingerprint density at radius 3 is 2.19 bits per heavy atom. The van der Waals surface area contributed by atoms with Crippen molar-refractivity contribution in [3.63, 3.8) is 0 Å². The molecule has 13 heteroatoms. The minimum atomic E-state index is -4.30. The number of rotatable bonds is 9. The molecular weight excluding hydrogens is 590 g/mol. The standard InChI is InChI=1S/C23H21Cl3F6NOPS/c1-11-5-13(3-4-15(11)21(34)33-12(2)9-36-10-22(28,29)30)19(27)8-16(23(31,32)35)14-6-17(24)20(26)18(25)7-14/h3-8,12,16H,9-10,35H2,1-2H3,(H,33,34)/b19-8-/t12-,16?/m1/s1. The van der Waals surface area contributed by atoms with Crippen LogP contribution in [0.15, 0.2) is 36.4 Å². The highest BCUT2D eigenvalue weighted by Crippen LogP contribution is 2.44. The fraction of sp³-hybridized carbons (Fsp3) is 0.348. The first kappa shape index (κ1) is 31.1. The second kappa shape index (κ2) is 12.6. The van der Waals surface area contributed by atoms with Crippen LogP contribution < -0.4 is 5.32 Å². The van der Waals surface area contributed by atoms with E-state index < -0.39 is 41.3 Å². The van der Waals surface area contributed by atoms with Gasteiger partial charge in [0, 0.05) is 22.9 Å². The fourth-order valence-electron chi connectivity index (χ4n) is 3.19. The van der Waals surface area contributed by atoms with Gasteiger partial charge in [-0.1, -0.05) is 50.1 Å². The van der Waals surface area contributed by atoms with Crippen LogP contribution >= 0.6 is 55.8 Å². The Labute approximate surface area is 226 Å². The van der Waals surface area contributed by atoms with Gasteiger partial charge in [-0.05, 0) is 55.3 Å². The first-order valence-electron chi connectivity index (χ1n) is 10.2. The van der Waals surface area contributed by atoms with Crippen molar-refractivity contribution in [2.24, 2.45) is 0 Å². The Balaban J connectivity index is 2.24. The molecule has 1 amide bonds. The van der Waals surface area contributed by atoms with E-state index in [-0.39, 0.29) is 37.5 Å². The molecule has 0 bridgehead atoms. The summed E-state index contributed by atoms with van der Waals surface area (Å²) in [4.78, 5) is 12.5. The number of aryl methyl sites for hydroxylation is 1. The van der Waals surface area contributed by atoms with Gasteiger partial charge in [-0.25, -0.2) is 13.2 Å². The Kier molecular flexibility index (Phi) is 10.9. The van der Waals surface area contributed by atoms with E-state index in [2.05, 4.69) is 5.32 Å². The number of carbonyl (C=O) groups excluding carboxylic acids is 1. The number of benzene rings is 2. The Hall–Kier alpha value is -1.12. The van der Waals surface area contributed by atoms with E-state index in [1.54, 1.807) is 6.92 Å². The van der Waals surface area contributed by atoms with Crippen molar-refractivity contribution in [3.05, 3.63) is 73.7 Å². The van der Waals surface area contributed by atoms with Crippen LogP contribution in [0.25, 0.3) is 5.83 Å². The third kappa shape index (κ3) is 9.02. The molecule has 1 N–H and O–H groups in total. The lowest BCUT2D eigenvalue weighted by Gasteiger charge is -2.22. The molecule has 2 aromatic rings. The fourth-order valence-corrected chi connectivity index (χ4v) is 4.88. The molecular formula is C23H21Cl3F6NOPS. The van der Waals surface area contributed by atoms with Crippen molar-refractivity contribution in [3.8, 4) is 0 Å². The van der Waals surface area contributed by atoms with Crippen LogP contribution in [0.4, 0.5) is 26.3 Å². The highest BCUT2D eigenvalue weighted by Gasteiger charge is 2.35. The van der Waals surface area contributed by atoms with Crippen molar-refractivity contribution in [1.82, 2.24) is 5.32 Å². The molecule has 0 aliphatic rings. The van der Waals surface area contributed by atoms with Gasteiger partial charge in [0.1, 0.15) is 5.83 Å². The second-order valence-electron chi connectivity index (χ2n) is 8.00. The predicted octanol–water partition coefficient (Wildman–Crippen LogP) is 8.93. The van der Waals surface area contributed by atoms with Gasteiger partial charge in [0.15, 0.2) is 0 Å². The number of hydrogen-bond acceptors (Lipinski definition) is 2. The molecule has 36 heavy (non-hydrogen) atoms. The maximum Gasteiger partial charge on any atom is 0.397 e. The number of allylic oxidation sites excluding steroid dienone is 1. The van der Waals surface area contributed by atoms with Crippen LogP contribution in [0.2, 0.25) is 15.1 Å². The maximum atomic E-state index is 15.1. The summed E-state index contributed by atoms with van der Waals surface area (Å²) >= 11 is 18.4. The zero-order valence-corrected chi connectivity index (χ0v) is 23.1. The van der Waals surface area contributed by atoms with Crippen molar-refractivity contribution in [1.29, 1.82) is 0 Å². The predicted molar refractivity (Wildman–Crippen MR) is 139 cm³/mol. The van der Waals surface area contributed by atoms with E-state index in [9.17, 15) is 26.7 Å². The van der Waals surface area contributed by atoms with Crippen molar-refractivity contribution >= 4 is 67.5 Å². The lowest BCUT2D eigenvalue weighted by Crippen LogP contribution is -2.35. The Morgan fingerprint density at radius 1 is 1.11 bits per heavy atom. The first-order chi connectivity index (χ1) is 16.5. The average Bonchev–Trinajstić information content (AvgIpc) is 2.73. The minimum absolute atomic E-state index is 0.0184. The Morgan fingerprint density at radius 2 is 1.69 bits per heavy atom. The molecule has 0 heterocycles. The lowest BCUT2D eigenvalue weighted by molar-refractivity contribution is -0.105. The van der Waals surface area contributed by atoms with Crippen LogP contribution in [0.5, 0.6) is 0 Å². The van der Waals surface area contributed by atoms with E-state index in [0.717, 1.165) is 6.08 Å². The molecule has 0 saturated heterocycles. The summed E-state index contributed by atoms with van der Waals surface area (Å²) in [5, 5.41) is 2.44. The molecule has 2 unspecified atom stereocenters. The van der Waals surface area contributed by atoms with E-state index in [1.807, 2.05) is 0 Å². The maximum absolute atomic E-state index is 15.1. The molecule has 2 aromatic carbocycles. The van der Waals surface area contributed by atoms with E-state index in [4.69, 9.17) is 34.8 Å². The molecule has 2 rings (SSSR count). The van der Waals surface area contributed by atoms with Gasteiger partial charge < -0.3 is 5.32 Å². The molecule has 0 spiro atoms. The normalized spacial score (nSPS) is 14.5. The monoisotopic (exact) mass is 609 g/mol. The summed E-state index contributed by atoms with van der Waals surface area (Å²) < 4.78 is 80.6. The van der Waals surface area contributed by atoms with Crippen LogP contribution in [0, 0.1) is 6.92 Å². The average molecular weight is 611 g/mol. The third-order valence-corrected chi connectivity index (χ3v) is 7.67. The highest BCUT2D eigenvalue weighted by atomic mass is 35.5. The molecule has 3 atom stereocenters. The summed E-state index contributed by atoms with van der Waals surface area (Å²) in [5.41, 5.74) is -3.07. The van der Waals surface area contributed by atoms with Gasteiger partial charge in [-0.3, -0.25) is 4.79 Å². The summed E-state index contributed by atoms with van der Waals surface area (Å²) in [6.45, 7) is 3.08. The Bertz CT molecular complexity index is 1120. The molecule has 0 radical (unpaired) electrons. The van der Waals surface area contributed by atoms with Crippen molar-refractivity contribution in [2.75, 3.05) is 11.5 Å². The van der Waals surface area contributed by atoms with Gasteiger partial charge in [-0.15, -0.1) is 0 Å². The smallest absolute Gasteiger partial charge is 0.349 e. The van der Waals surface area contributed by atoms with E-state index in [0.29, 0.717) is 17.3 Å². The largest absolute Gasteiger partial charge is 0.397 e. The molecule has 0 fully saturated rings. The van der Waals surface area contributed by atoms with Crippen molar-refractivity contribution in [2.45, 2.75) is 37.6 Å². The number of carbonyl (C=O) groups is 1. The summed E-state index contributed by atoms with van der Waals surface area (Å²) in [7, 11) is 1.36. The highest BCUT2D eigenvalue weighted by molar-refractivity contribution is 7.99. The number of amides is 1. The second-order valence-corrected chi connectivity index (χ2v) is 11.0. The topological polar surface area (TPSA) is 29.1 Å². The molecule has 0 saturated carbocycles. The molecule has 0 aliphatic heterocycles. The van der Waals surface area contributed by atoms with E-state index in [1.165, 1.54) is 46.5 Å². The lowest BCUT2D eigenvalue weighted by atomic mass is 9.96. The SMILES string of the molecule is Cc1cc(/C(F)=C/C(c2cc(Cl)c(Cl)c(Cl)c2)C(F)(F)P)ccc1C(=O)N[C@H](C)CSCC(F)(F)F. The first-order valence-corrected chi connectivity index (χ1v) is 13.1. The van der Waals surface area contributed by atoms with Gasteiger partial charge in [0.05, 0.1) is 26.7 Å². The van der Waals surface area contributed by atoms with Crippen LogP contribution in [0.1, 0.15) is 39.9 Å². The molecule has 0 aromatic heterocycles. The van der Waals surface area contributed by atoms with Gasteiger partial charge >= 0.3 is 6.18 Å². The van der Waals surface area contributed by atoms with Gasteiger partial charge in [0.2, 0.25) is 0 Å². The zero-order chi connectivity index (χ0) is 27.4. The number of halogens is 9. The number of thioether (sulfide) groups is 1. The number of hydrogen-bond donors (Lipinski definition) is 1.